The highest BCUT2D eigenvalue weighted by atomic mass is 16.5. The summed E-state index contributed by atoms with van der Waals surface area (Å²) < 4.78 is 10.0. The summed E-state index contributed by atoms with van der Waals surface area (Å²) >= 11 is 0. The Bertz CT molecular complexity index is 687. The van der Waals surface area contributed by atoms with Crippen molar-refractivity contribution in [1.82, 2.24) is 25.7 Å². The molecule has 0 radical (unpaired) electrons. The van der Waals surface area contributed by atoms with E-state index in [2.05, 4.69) is 25.7 Å². The second-order valence-corrected chi connectivity index (χ2v) is 4.94. The molecule has 120 valence electrons. The molecule has 2 heterocycles. The maximum absolute atomic E-state index is 12.0. The summed E-state index contributed by atoms with van der Waals surface area (Å²) in [4.78, 5) is 27.7. The molecule has 1 amide bonds. The molecule has 0 fully saturated rings. The molecular formula is C13H19N5O4. The van der Waals surface area contributed by atoms with Crippen molar-refractivity contribution < 1.29 is 14.1 Å². The number of H-pyrrole nitrogens is 2. The maximum atomic E-state index is 12.0. The Morgan fingerprint density at radius 2 is 2.23 bits per heavy atom. The van der Waals surface area contributed by atoms with E-state index in [-0.39, 0.29) is 17.9 Å². The molecule has 0 aromatic carbocycles. The highest BCUT2D eigenvalue weighted by molar-refractivity contribution is 5.79. The van der Waals surface area contributed by atoms with Gasteiger partial charge in [0.05, 0.1) is 13.0 Å². The third kappa shape index (κ3) is 3.82. The summed E-state index contributed by atoms with van der Waals surface area (Å²) in [6, 6.07) is -0.436. The van der Waals surface area contributed by atoms with E-state index in [0.717, 1.165) is 0 Å². The van der Waals surface area contributed by atoms with Gasteiger partial charge in [0, 0.05) is 24.8 Å². The number of aromatic amines is 2. The number of amides is 1. The number of methoxy groups -OCH3 is 1. The lowest BCUT2D eigenvalue weighted by Crippen LogP contribution is -2.29. The molecule has 0 aliphatic rings. The van der Waals surface area contributed by atoms with Crippen LogP contribution >= 0.6 is 0 Å². The predicted molar refractivity (Wildman–Crippen MR) is 76.3 cm³/mol. The van der Waals surface area contributed by atoms with Crippen LogP contribution in [0.1, 0.15) is 35.9 Å². The first kappa shape index (κ1) is 16.0. The fourth-order valence-corrected chi connectivity index (χ4v) is 1.94. The topological polar surface area (TPSA) is 126 Å². The third-order valence-electron chi connectivity index (χ3n) is 3.19. The number of nitrogens with one attached hydrogen (secondary N) is 3. The van der Waals surface area contributed by atoms with Crippen LogP contribution in [0.25, 0.3) is 0 Å². The van der Waals surface area contributed by atoms with Crippen molar-refractivity contribution in [1.29, 1.82) is 0 Å². The molecule has 1 unspecified atom stereocenters. The standard InChI is InChI=1S/C13H19N5O4/c1-7-9(12(20)17-16-7)6-11(19)14-8(2)13-15-10(18-22-13)4-5-21-3/h8H,4-6H2,1-3H3,(H,14,19)(H2,16,17,20). The number of aromatic nitrogens is 4. The van der Waals surface area contributed by atoms with Crippen LogP contribution in [0.4, 0.5) is 0 Å². The fraction of sp³-hybridized carbons (Fsp3) is 0.538. The minimum Gasteiger partial charge on any atom is -0.384 e. The van der Waals surface area contributed by atoms with Crippen LogP contribution in [0.15, 0.2) is 9.32 Å². The van der Waals surface area contributed by atoms with Crippen LogP contribution in [0.2, 0.25) is 0 Å². The monoisotopic (exact) mass is 309 g/mol. The summed E-state index contributed by atoms with van der Waals surface area (Å²) in [6.45, 7) is 3.96. The van der Waals surface area contributed by atoms with Crippen molar-refractivity contribution in [2.24, 2.45) is 0 Å². The van der Waals surface area contributed by atoms with Gasteiger partial charge in [0.25, 0.3) is 5.56 Å². The van der Waals surface area contributed by atoms with E-state index in [1.54, 1.807) is 21.0 Å². The molecule has 0 saturated carbocycles. The zero-order valence-corrected chi connectivity index (χ0v) is 12.7. The van der Waals surface area contributed by atoms with Gasteiger partial charge >= 0.3 is 0 Å². The van der Waals surface area contributed by atoms with Gasteiger partial charge in [-0.25, -0.2) is 0 Å². The Labute approximate surface area is 126 Å². The van der Waals surface area contributed by atoms with Gasteiger partial charge in [-0.3, -0.25) is 14.7 Å². The van der Waals surface area contributed by atoms with Crippen molar-refractivity contribution in [2.75, 3.05) is 13.7 Å². The average molecular weight is 309 g/mol. The van der Waals surface area contributed by atoms with Gasteiger partial charge in [-0.1, -0.05) is 5.16 Å². The number of carbonyl (C=O) groups is 1. The summed E-state index contributed by atoms with van der Waals surface area (Å²) in [5, 5.41) is 11.7. The highest BCUT2D eigenvalue weighted by Crippen LogP contribution is 2.10. The van der Waals surface area contributed by atoms with Crippen molar-refractivity contribution in [3.05, 3.63) is 33.3 Å². The SMILES string of the molecule is COCCc1noc(C(C)NC(=O)Cc2c(C)[nH][nH]c2=O)n1. The van der Waals surface area contributed by atoms with E-state index in [9.17, 15) is 9.59 Å². The quantitative estimate of drug-likeness (QED) is 0.661. The first-order valence-electron chi connectivity index (χ1n) is 6.88. The van der Waals surface area contributed by atoms with Crippen molar-refractivity contribution >= 4 is 5.91 Å². The highest BCUT2D eigenvalue weighted by Gasteiger charge is 2.18. The number of rotatable bonds is 7. The van der Waals surface area contributed by atoms with Gasteiger partial charge < -0.3 is 19.7 Å². The number of aryl methyl sites for hydroxylation is 1. The van der Waals surface area contributed by atoms with Gasteiger partial charge in [0.2, 0.25) is 11.8 Å². The van der Waals surface area contributed by atoms with Crippen LogP contribution in [0, 0.1) is 6.92 Å². The zero-order chi connectivity index (χ0) is 16.1. The molecule has 0 aliphatic carbocycles. The molecule has 0 saturated heterocycles. The Balaban J connectivity index is 1.93. The first-order valence-corrected chi connectivity index (χ1v) is 6.88. The summed E-state index contributed by atoms with van der Waals surface area (Å²) in [7, 11) is 1.59. The Morgan fingerprint density at radius 1 is 1.45 bits per heavy atom. The van der Waals surface area contributed by atoms with Crippen LogP contribution in [-0.2, 0) is 22.4 Å². The zero-order valence-electron chi connectivity index (χ0n) is 12.7. The van der Waals surface area contributed by atoms with Crippen molar-refractivity contribution in [3.63, 3.8) is 0 Å². The average Bonchev–Trinajstić information content (AvgIpc) is 3.07. The number of nitrogens with zero attached hydrogens (tertiary/aromatic N) is 2. The van der Waals surface area contributed by atoms with Crippen molar-refractivity contribution in [2.45, 2.75) is 32.7 Å². The smallest absolute Gasteiger partial charge is 0.267 e. The molecule has 0 aliphatic heterocycles. The molecule has 3 N–H and O–H groups in total. The number of ether oxygens (including phenoxy) is 1. The fourth-order valence-electron chi connectivity index (χ4n) is 1.94. The molecule has 2 aromatic rings. The molecule has 1 atom stereocenters. The Kier molecular flexibility index (Phi) is 5.10. The van der Waals surface area contributed by atoms with Gasteiger partial charge in [-0.05, 0) is 13.8 Å². The van der Waals surface area contributed by atoms with Gasteiger partial charge in [-0.15, -0.1) is 0 Å². The molecule has 9 nitrogen and oxygen atoms in total. The van der Waals surface area contributed by atoms with E-state index in [1.807, 2.05) is 0 Å². The molecule has 2 rings (SSSR count). The van der Waals surface area contributed by atoms with Crippen molar-refractivity contribution in [3.8, 4) is 0 Å². The molecule has 9 heteroatoms. The maximum Gasteiger partial charge on any atom is 0.267 e. The molecule has 0 spiro atoms. The minimum absolute atomic E-state index is 0.0142. The van der Waals surface area contributed by atoms with E-state index in [1.165, 1.54) is 0 Å². The predicted octanol–water partition coefficient (Wildman–Crippen LogP) is 0.00322. The number of hydrogen-bond acceptors (Lipinski definition) is 6. The third-order valence-corrected chi connectivity index (χ3v) is 3.19. The summed E-state index contributed by atoms with van der Waals surface area (Å²) in [5.74, 6) is 0.548. The lowest BCUT2D eigenvalue weighted by Gasteiger charge is -2.08. The number of carbonyl (C=O) groups excluding carboxylic acids is 1. The normalized spacial score (nSPS) is 12.3. The number of hydrogen-bond donors (Lipinski definition) is 3. The van der Waals surface area contributed by atoms with Crippen LogP contribution in [-0.4, -0.2) is 40.0 Å². The van der Waals surface area contributed by atoms with E-state index in [4.69, 9.17) is 9.26 Å². The second-order valence-electron chi connectivity index (χ2n) is 4.94. The van der Waals surface area contributed by atoms with E-state index >= 15 is 0 Å². The molecule has 22 heavy (non-hydrogen) atoms. The van der Waals surface area contributed by atoms with Gasteiger partial charge in [0.1, 0.15) is 6.04 Å². The largest absolute Gasteiger partial charge is 0.384 e. The molecule has 2 aromatic heterocycles. The minimum atomic E-state index is -0.436. The van der Waals surface area contributed by atoms with Crippen LogP contribution < -0.4 is 10.9 Å². The van der Waals surface area contributed by atoms with Gasteiger partial charge in [0.15, 0.2) is 5.82 Å². The summed E-state index contributed by atoms with van der Waals surface area (Å²) in [5.41, 5.74) is 0.767. The molecular weight excluding hydrogens is 290 g/mol. The Hall–Kier alpha value is -2.42. The van der Waals surface area contributed by atoms with Crippen LogP contribution in [0.5, 0.6) is 0 Å². The van der Waals surface area contributed by atoms with E-state index < -0.39 is 6.04 Å². The Morgan fingerprint density at radius 3 is 2.86 bits per heavy atom. The lowest BCUT2D eigenvalue weighted by atomic mass is 10.1. The summed E-state index contributed by atoms with van der Waals surface area (Å²) in [6.07, 6.45) is 0.526. The lowest BCUT2D eigenvalue weighted by molar-refractivity contribution is -0.121. The second kappa shape index (κ2) is 7.03. The van der Waals surface area contributed by atoms with Gasteiger partial charge in [-0.2, -0.15) is 4.98 Å². The van der Waals surface area contributed by atoms with E-state index in [0.29, 0.717) is 36.0 Å². The first-order chi connectivity index (χ1) is 10.5. The molecule has 0 bridgehead atoms. The van der Waals surface area contributed by atoms with Crippen LogP contribution in [0.3, 0.4) is 0 Å².